The highest BCUT2D eigenvalue weighted by molar-refractivity contribution is 7.13. The molecule has 192 valence electrons. The van der Waals surface area contributed by atoms with Gasteiger partial charge in [-0.3, -0.25) is 14.5 Å². The molecule has 3 aromatic heterocycles. The number of rotatable bonds is 7. The smallest absolute Gasteiger partial charge is 0.342 e. The Hall–Kier alpha value is -3.03. The summed E-state index contributed by atoms with van der Waals surface area (Å²) in [4.78, 5) is 40.1. The van der Waals surface area contributed by atoms with Gasteiger partial charge in [0.15, 0.2) is 0 Å². The van der Waals surface area contributed by atoms with Crippen molar-refractivity contribution in [3.63, 3.8) is 0 Å². The van der Waals surface area contributed by atoms with E-state index in [0.717, 1.165) is 49.3 Å². The van der Waals surface area contributed by atoms with E-state index >= 15 is 0 Å². The Balaban J connectivity index is 1.39. The van der Waals surface area contributed by atoms with E-state index in [1.807, 2.05) is 0 Å². The van der Waals surface area contributed by atoms with Gasteiger partial charge in [0.2, 0.25) is 0 Å². The molecule has 0 aliphatic carbocycles. The van der Waals surface area contributed by atoms with Crippen molar-refractivity contribution in [2.24, 2.45) is 7.05 Å². The van der Waals surface area contributed by atoms with Gasteiger partial charge in [-0.25, -0.2) is 15.0 Å². The first-order chi connectivity index (χ1) is 17.0. The Morgan fingerprint density at radius 3 is 2.56 bits per heavy atom. The molecule has 4 rings (SSSR count). The number of hydrogen-bond acceptors (Lipinski definition) is 7. The zero-order valence-corrected chi connectivity index (χ0v) is 21.0. The average Bonchev–Trinajstić information content (AvgIpc) is 3.57. The summed E-state index contributed by atoms with van der Waals surface area (Å²) in [6.45, 7) is 4.43. The summed E-state index contributed by atoms with van der Waals surface area (Å²) in [6.07, 6.45) is 1.28. The maximum absolute atomic E-state index is 13.1. The molecule has 1 aliphatic heterocycles. The van der Waals surface area contributed by atoms with Crippen LogP contribution < -0.4 is 10.6 Å². The molecule has 3 aromatic rings. The second kappa shape index (κ2) is 10.5. The van der Waals surface area contributed by atoms with Crippen molar-refractivity contribution >= 4 is 40.6 Å². The predicted molar refractivity (Wildman–Crippen MR) is 128 cm³/mol. The fourth-order valence-corrected chi connectivity index (χ4v) is 4.80. The molecule has 9 nitrogen and oxygen atoms in total. The van der Waals surface area contributed by atoms with Crippen LogP contribution in [-0.2, 0) is 19.8 Å². The van der Waals surface area contributed by atoms with Crippen LogP contribution in [0, 0.1) is 0 Å². The van der Waals surface area contributed by atoms with Crippen LogP contribution in [0.3, 0.4) is 0 Å². The fourth-order valence-electron chi connectivity index (χ4n) is 3.77. The van der Waals surface area contributed by atoms with Gasteiger partial charge in [0.05, 0.1) is 35.6 Å². The van der Waals surface area contributed by atoms with E-state index in [1.165, 1.54) is 12.4 Å². The molecule has 1 fully saturated rings. The molecule has 2 N–H and O–H groups in total. The quantitative estimate of drug-likeness (QED) is 0.462. The summed E-state index contributed by atoms with van der Waals surface area (Å²) in [7, 11) is 1.79. The molecule has 36 heavy (non-hydrogen) atoms. The Labute approximate surface area is 213 Å². The zero-order valence-electron chi connectivity index (χ0n) is 19.4. The van der Waals surface area contributed by atoms with Crippen molar-refractivity contribution in [1.29, 1.82) is 0 Å². The van der Waals surface area contributed by atoms with Gasteiger partial charge in [-0.1, -0.05) is 11.6 Å². The van der Waals surface area contributed by atoms with Crippen LogP contribution in [-0.4, -0.2) is 49.3 Å². The topological polar surface area (TPSA) is 105 Å². The molecule has 1 atom stereocenters. The summed E-state index contributed by atoms with van der Waals surface area (Å²) < 4.78 is 40.9. The maximum Gasteiger partial charge on any atom is 0.418 e. The minimum absolute atomic E-state index is 0.143. The summed E-state index contributed by atoms with van der Waals surface area (Å²) in [5.41, 5.74) is -0.700. The molecular formula is C22H23ClF3N7O2S. The molecule has 0 spiro atoms. The van der Waals surface area contributed by atoms with Gasteiger partial charge in [-0.15, -0.1) is 11.3 Å². The first kappa shape index (κ1) is 26.0. The van der Waals surface area contributed by atoms with Crippen LogP contribution in [0.5, 0.6) is 0 Å². The van der Waals surface area contributed by atoms with E-state index in [0.29, 0.717) is 23.3 Å². The van der Waals surface area contributed by atoms with Gasteiger partial charge in [0.25, 0.3) is 11.8 Å². The first-order valence-corrected chi connectivity index (χ1v) is 12.3. The zero-order chi connectivity index (χ0) is 26.0. The van der Waals surface area contributed by atoms with Gasteiger partial charge < -0.3 is 15.2 Å². The van der Waals surface area contributed by atoms with Gasteiger partial charge in [-0.2, -0.15) is 13.2 Å². The number of thiazole rings is 1. The van der Waals surface area contributed by atoms with Crippen LogP contribution in [0.2, 0.25) is 5.02 Å². The lowest BCUT2D eigenvalue weighted by atomic mass is 10.2. The maximum atomic E-state index is 13.1. The molecule has 0 aromatic carbocycles. The van der Waals surface area contributed by atoms with Gasteiger partial charge in [0, 0.05) is 13.2 Å². The van der Waals surface area contributed by atoms with E-state index in [1.54, 1.807) is 18.5 Å². The molecule has 0 saturated carbocycles. The van der Waals surface area contributed by atoms with Crippen molar-refractivity contribution in [1.82, 2.24) is 29.7 Å². The number of nitrogens with one attached hydrogen (secondary N) is 2. The Morgan fingerprint density at radius 1 is 1.14 bits per heavy atom. The fraction of sp³-hybridized carbons (Fsp3) is 0.409. The third-order valence-corrected chi connectivity index (χ3v) is 7.23. The molecule has 1 unspecified atom stereocenters. The highest BCUT2D eigenvalue weighted by atomic mass is 35.5. The van der Waals surface area contributed by atoms with Crippen LogP contribution in [0.1, 0.15) is 62.4 Å². The van der Waals surface area contributed by atoms with Crippen LogP contribution in [0.25, 0.3) is 0 Å². The lowest BCUT2D eigenvalue weighted by molar-refractivity contribution is -0.137. The number of nitrogens with zero attached hydrogens (tertiary/aromatic N) is 5. The van der Waals surface area contributed by atoms with Crippen molar-refractivity contribution in [3.8, 4) is 0 Å². The molecule has 14 heteroatoms. The molecular weight excluding hydrogens is 519 g/mol. The second-order valence-corrected chi connectivity index (χ2v) is 9.83. The van der Waals surface area contributed by atoms with E-state index in [9.17, 15) is 22.8 Å². The molecule has 1 aliphatic rings. The number of likely N-dealkylation sites (tertiary alicyclic amines) is 1. The number of halogens is 4. The third kappa shape index (κ3) is 5.85. The number of alkyl halides is 3. The van der Waals surface area contributed by atoms with Crippen molar-refractivity contribution < 1.29 is 22.8 Å². The number of carbonyl (C=O) groups excluding carboxylic acids is 2. The average molecular weight is 542 g/mol. The Morgan fingerprint density at radius 2 is 1.86 bits per heavy atom. The normalized spacial score (nSPS) is 15.2. The number of hydrogen-bond donors (Lipinski definition) is 2. The monoisotopic (exact) mass is 541 g/mol. The van der Waals surface area contributed by atoms with E-state index in [4.69, 9.17) is 11.6 Å². The summed E-state index contributed by atoms with van der Waals surface area (Å²) in [5.74, 6) is -0.517. The lowest BCUT2D eigenvalue weighted by Gasteiger charge is -2.15. The Kier molecular flexibility index (Phi) is 7.62. The second-order valence-electron chi connectivity index (χ2n) is 8.36. The molecule has 0 radical (unpaired) electrons. The van der Waals surface area contributed by atoms with Crippen molar-refractivity contribution in [2.75, 3.05) is 18.4 Å². The van der Waals surface area contributed by atoms with Gasteiger partial charge >= 0.3 is 6.18 Å². The number of imidazole rings is 1. The molecule has 1 saturated heterocycles. The highest BCUT2D eigenvalue weighted by Gasteiger charge is 2.34. The highest BCUT2D eigenvalue weighted by Crippen LogP contribution is 2.35. The standard InChI is InChI=1S/C22H23ClF3N7O2S/c1-12(30-19(34)15-9-28-18(32(15)2)11-33-5-3-4-6-33)21-29-10-16(36-21)20(35)31-17-7-13(22(24,25)26)14(23)8-27-17/h7-10,12H,3-6,11H2,1-2H3,(H,30,34)(H,27,31,35). The SMILES string of the molecule is CC(NC(=O)c1cnc(CN2CCCC2)n1C)c1ncc(C(=O)Nc2cc(C(F)(F)F)c(Cl)cn2)s1. The van der Waals surface area contributed by atoms with Crippen molar-refractivity contribution in [2.45, 2.75) is 38.5 Å². The number of pyridine rings is 1. The first-order valence-electron chi connectivity index (χ1n) is 11.1. The van der Waals surface area contributed by atoms with Crippen LogP contribution >= 0.6 is 22.9 Å². The molecule has 4 heterocycles. The largest absolute Gasteiger partial charge is 0.418 e. The van der Waals surface area contributed by atoms with E-state index < -0.39 is 28.7 Å². The van der Waals surface area contributed by atoms with Crippen LogP contribution in [0.4, 0.5) is 19.0 Å². The van der Waals surface area contributed by atoms with Gasteiger partial charge in [0.1, 0.15) is 27.2 Å². The van der Waals surface area contributed by atoms with Crippen LogP contribution in [0.15, 0.2) is 24.7 Å². The number of amides is 2. The minimum atomic E-state index is -4.69. The van der Waals surface area contributed by atoms with E-state index in [-0.39, 0.29) is 16.6 Å². The number of aromatic nitrogens is 4. The third-order valence-electron chi connectivity index (χ3n) is 5.75. The summed E-state index contributed by atoms with van der Waals surface area (Å²) >= 11 is 6.57. The Bertz CT molecular complexity index is 1270. The lowest BCUT2D eigenvalue weighted by Crippen LogP contribution is -2.29. The number of carbonyl (C=O) groups is 2. The van der Waals surface area contributed by atoms with E-state index in [2.05, 4.69) is 30.5 Å². The number of anilines is 1. The molecule has 2 amide bonds. The minimum Gasteiger partial charge on any atom is -0.342 e. The summed E-state index contributed by atoms with van der Waals surface area (Å²) in [6, 6.07) is 0.142. The predicted octanol–water partition coefficient (Wildman–Crippen LogP) is 4.28. The summed E-state index contributed by atoms with van der Waals surface area (Å²) in [5, 5.41) is 5.04. The van der Waals surface area contributed by atoms with Gasteiger partial charge in [-0.05, 0) is 38.9 Å². The molecule has 0 bridgehead atoms. The van der Waals surface area contributed by atoms with Crippen molar-refractivity contribution in [3.05, 3.63) is 56.6 Å².